The van der Waals surface area contributed by atoms with Crippen LogP contribution < -0.4 is 10.2 Å². The molecule has 0 aliphatic carbocycles. The molecule has 4 nitrogen and oxygen atoms in total. The Balaban J connectivity index is 2.13. The fourth-order valence-corrected chi connectivity index (χ4v) is 2.12. The molecular weight excluding hydrogens is 291 g/mol. The Labute approximate surface area is 129 Å². The molecule has 0 fully saturated rings. The van der Waals surface area contributed by atoms with Crippen molar-refractivity contribution >= 4 is 23.4 Å². The molecule has 2 aromatic rings. The third-order valence-electron chi connectivity index (χ3n) is 2.95. The molecule has 1 heterocycles. The van der Waals surface area contributed by atoms with E-state index in [9.17, 15) is 4.39 Å². The van der Waals surface area contributed by atoms with E-state index in [1.807, 2.05) is 11.9 Å². The van der Waals surface area contributed by atoms with E-state index in [0.29, 0.717) is 23.3 Å². The Morgan fingerprint density at radius 2 is 2.00 bits per heavy atom. The average molecular weight is 309 g/mol. The van der Waals surface area contributed by atoms with Gasteiger partial charge in [0.25, 0.3) is 0 Å². The maximum atomic E-state index is 12.9. The van der Waals surface area contributed by atoms with Crippen molar-refractivity contribution in [3.63, 3.8) is 0 Å². The second kappa shape index (κ2) is 7.22. The molecule has 112 valence electrons. The Kier molecular flexibility index (Phi) is 5.33. The number of benzene rings is 1. The van der Waals surface area contributed by atoms with Gasteiger partial charge in [0.2, 0.25) is 5.95 Å². The summed E-state index contributed by atoms with van der Waals surface area (Å²) in [5.74, 6) is 0.962. The van der Waals surface area contributed by atoms with Gasteiger partial charge >= 0.3 is 0 Å². The SMILES string of the molecule is CCCNc1ncc(Cl)c(N(C)Cc2ccc(F)cc2)n1. The lowest BCUT2D eigenvalue weighted by Crippen LogP contribution is -2.19. The van der Waals surface area contributed by atoms with Crippen molar-refractivity contribution in [2.45, 2.75) is 19.9 Å². The number of hydrogen-bond donors (Lipinski definition) is 1. The summed E-state index contributed by atoms with van der Waals surface area (Å²) >= 11 is 6.16. The standard InChI is InChI=1S/C15H18ClFN4/c1-3-8-18-15-19-9-13(16)14(20-15)21(2)10-11-4-6-12(17)7-5-11/h4-7,9H,3,8,10H2,1-2H3,(H,18,19,20). The maximum Gasteiger partial charge on any atom is 0.224 e. The summed E-state index contributed by atoms with van der Waals surface area (Å²) in [6.45, 7) is 3.47. The van der Waals surface area contributed by atoms with Crippen LogP contribution in [-0.4, -0.2) is 23.6 Å². The van der Waals surface area contributed by atoms with Crippen molar-refractivity contribution in [1.82, 2.24) is 9.97 Å². The number of aromatic nitrogens is 2. The van der Waals surface area contributed by atoms with Gasteiger partial charge in [-0.3, -0.25) is 0 Å². The van der Waals surface area contributed by atoms with Crippen LogP contribution in [0.3, 0.4) is 0 Å². The van der Waals surface area contributed by atoms with E-state index < -0.39 is 0 Å². The van der Waals surface area contributed by atoms with Gasteiger partial charge in [0.05, 0.1) is 6.20 Å². The van der Waals surface area contributed by atoms with Gasteiger partial charge in [0, 0.05) is 20.1 Å². The van der Waals surface area contributed by atoms with Crippen molar-refractivity contribution in [3.8, 4) is 0 Å². The number of anilines is 2. The molecule has 0 bridgehead atoms. The quantitative estimate of drug-likeness (QED) is 0.883. The molecule has 0 unspecified atom stereocenters. The number of hydrogen-bond acceptors (Lipinski definition) is 4. The van der Waals surface area contributed by atoms with Gasteiger partial charge in [0.1, 0.15) is 10.8 Å². The molecule has 0 saturated heterocycles. The van der Waals surface area contributed by atoms with Crippen molar-refractivity contribution in [1.29, 1.82) is 0 Å². The fourth-order valence-electron chi connectivity index (χ4n) is 1.89. The maximum absolute atomic E-state index is 12.9. The van der Waals surface area contributed by atoms with E-state index in [2.05, 4.69) is 22.2 Å². The van der Waals surface area contributed by atoms with Crippen LogP contribution >= 0.6 is 11.6 Å². The molecule has 6 heteroatoms. The minimum absolute atomic E-state index is 0.243. The van der Waals surface area contributed by atoms with Gasteiger partial charge in [-0.05, 0) is 24.1 Å². The molecule has 1 aromatic heterocycles. The summed E-state index contributed by atoms with van der Waals surface area (Å²) in [5.41, 5.74) is 0.983. The summed E-state index contributed by atoms with van der Waals surface area (Å²) in [6, 6.07) is 6.38. The molecule has 0 saturated carbocycles. The number of nitrogens with one attached hydrogen (secondary N) is 1. The Hall–Kier alpha value is -1.88. The predicted octanol–water partition coefficient (Wildman–Crippen LogP) is 3.73. The van der Waals surface area contributed by atoms with Crippen LogP contribution in [0.5, 0.6) is 0 Å². The summed E-state index contributed by atoms with van der Waals surface area (Å²) in [5, 5.41) is 3.62. The molecule has 2 rings (SSSR count). The molecule has 0 spiro atoms. The van der Waals surface area contributed by atoms with Crippen LogP contribution in [0.1, 0.15) is 18.9 Å². The van der Waals surface area contributed by atoms with Gasteiger partial charge in [0.15, 0.2) is 5.82 Å². The molecule has 0 radical (unpaired) electrons. The van der Waals surface area contributed by atoms with Gasteiger partial charge in [-0.2, -0.15) is 4.98 Å². The first kappa shape index (κ1) is 15.5. The van der Waals surface area contributed by atoms with E-state index >= 15 is 0 Å². The first-order valence-corrected chi connectivity index (χ1v) is 7.20. The molecule has 1 aromatic carbocycles. The summed E-state index contributed by atoms with van der Waals surface area (Å²) < 4.78 is 12.9. The molecular formula is C15H18ClFN4. The number of rotatable bonds is 6. The van der Waals surface area contributed by atoms with Gasteiger partial charge in [-0.25, -0.2) is 9.37 Å². The molecule has 0 aliphatic rings. The predicted molar refractivity (Wildman–Crippen MR) is 84.3 cm³/mol. The number of halogens is 2. The van der Waals surface area contributed by atoms with Crippen molar-refractivity contribution in [2.75, 3.05) is 23.8 Å². The monoisotopic (exact) mass is 308 g/mol. The highest BCUT2D eigenvalue weighted by Gasteiger charge is 2.11. The van der Waals surface area contributed by atoms with Crippen LogP contribution in [-0.2, 0) is 6.54 Å². The highest BCUT2D eigenvalue weighted by Crippen LogP contribution is 2.24. The smallest absolute Gasteiger partial charge is 0.224 e. The fraction of sp³-hybridized carbons (Fsp3) is 0.333. The minimum Gasteiger partial charge on any atom is -0.354 e. The van der Waals surface area contributed by atoms with E-state index in [-0.39, 0.29) is 5.82 Å². The zero-order chi connectivity index (χ0) is 15.2. The van der Waals surface area contributed by atoms with E-state index in [1.54, 1.807) is 18.3 Å². The van der Waals surface area contributed by atoms with Gasteiger partial charge in [-0.15, -0.1) is 0 Å². The number of nitrogens with zero attached hydrogens (tertiary/aromatic N) is 3. The van der Waals surface area contributed by atoms with Crippen molar-refractivity contribution in [2.24, 2.45) is 0 Å². The Morgan fingerprint density at radius 1 is 1.29 bits per heavy atom. The van der Waals surface area contributed by atoms with Crippen molar-refractivity contribution in [3.05, 3.63) is 46.9 Å². The van der Waals surface area contributed by atoms with Crippen LogP contribution in [0.15, 0.2) is 30.5 Å². The second-order valence-electron chi connectivity index (χ2n) is 4.77. The Bertz CT molecular complexity index is 589. The van der Waals surface area contributed by atoms with Crippen LogP contribution in [0.4, 0.5) is 16.2 Å². The zero-order valence-electron chi connectivity index (χ0n) is 12.1. The lowest BCUT2D eigenvalue weighted by molar-refractivity contribution is 0.627. The van der Waals surface area contributed by atoms with Crippen LogP contribution in [0.25, 0.3) is 0 Å². The molecule has 1 N–H and O–H groups in total. The largest absolute Gasteiger partial charge is 0.354 e. The molecule has 0 atom stereocenters. The first-order chi connectivity index (χ1) is 10.1. The van der Waals surface area contributed by atoms with Gasteiger partial charge < -0.3 is 10.2 Å². The highest BCUT2D eigenvalue weighted by atomic mass is 35.5. The highest BCUT2D eigenvalue weighted by molar-refractivity contribution is 6.32. The van der Waals surface area contributed by atoms with E-state index in [1.165, 1.54) is 12.1 Å². The van der Waals surface area contributed by atoms with Crippen LogP contribution in [0.2, 0.25) is 5.02 Å². The normalized spacial score (nSPS) is 10.5. The first-order valence-electron chi connectivity index (χ1n) is 6.82. The molecule has 0 amide bonds. The zero-order valence-corrected chi connectivity index (χ0v) is 12.9. The van der Waals surface area contributed by atoms with Crippen LogP contribution in [0, 0.1) is 5.82 Å². The van der Waals surface area contributed by atoms with E-state index in [4.69, 9.17) is 11.6 Å². The average Bonchev–Trinajstić information content (AvgIpc) is 2.48. The van der Waals surface area contributed by atoms with E-state index in [0.717, 1.165) is 18.5 Å². The molecule has 0 aliphatic heterocycles. The Morgan fingerprint density at radius 3 is 2.67 bits per heavy atom. The lowest BCUT2D eigenvalue weighted by atomic mass is 10.2. The van der Waals surface area contributed by atoms with Crippen molar-refractivity contribution < 1.29 is 4.39 Å². The lowest BCUT2D eigenvalue weighted by Gasteiger charge is -2.20. The topological polar surface area (TPSA) is 41.1 Å². The second-order valence-corrected chi connectivity index (χ2v) is 5.18. The third-order valence-corrected chi connectivity index (χ3v) is 3.22. The third kappa shape index (κ3) is 4.29. The summed E-state index contributed by atoms with van der Waals surface area (Å²) in [4.78, 5) is 10.5. The summed E-state index contributed by atoms with van der Waals surface area (Å²) in [7, 11) is 1.89. The molecule has 21 heavy (non-hydrogen) atoms. The summed E-state index contributed by atoms with van der Waals surface area (Å²) in [6.07, 6.45) is 2.58. The minimum atomic E-state index is -0.243. The van der Waals surface area contributed by atoms with Gasteiger partial charge in [-0.1, -0.05) is 30.7 Å².